The predicted octanol–water partition coefficient (Wildman–Crippen LogP) is -1.95. The Balaban J connectivity index is 0. The average Bonchev–Trinajstić information content (AvgIpc) is 1.77. The van der Waals surface area contributed by atoms with E-state index in [1.54, 1.807) is 0 Å². The fourth-order valence-corrected chi connectivity index (χ4v) is 1.01. The van der Waals surface area contributed by atoms with Crippen LogP contribution < -0.4 is 17.5 Å². The van der Waals surface area contributed by atoms with Crippen LogP contribution in [0.25, 0.3) is 0 Å². The van der Waals surface area contributed by atoms with E-state index in [4.69, 9.17) is 0 Å². The Morgan fingerprint density at radius 2 is 2.20 bits per heavy atom. The zero-order valence-corrected chi connectivity index (χ0v) is 7.88. The quantitative estimate of drug-likeness (QED) is 0.418. The summed E-state index contributed by atoms with van der Waals surface area (Å²) < 4.78 is 0. The van der Waals surface area contributed by atoms with E-state index in [1.807, 2.05) is 13.0 Å². The van der Waals surface area contributed by atoms with Crippen molar-refractivity contribution in [3.8, 4) is 0 Å². The molecule has 0 bridgehead atoms. The van der Waals surface area contributed by atoms with Gasteiger partial charge in [-0.05, 0) is 25.2 Å². The summed E-state index contributed by atoms with van der Waals surface area (Å²) in [5.74, 6) is 0.653. The third kappa shape index (κ3) is 3.50. The van der Waals surface area contributed by atoms with E-state index in [1.165, 1.54) is 6.42 Å². The Labute approximate surface area is 78.8 Å². The number of hydrogen-bond donors (Lipinski definition) is 0. The van der Waals surface area contributed by atoms with Crippen LogP contribution >= 0.6 is 0 Å². The molecule has 0 heterocycles. The van der Waals surface area contributed by atoms with Crippen molar-refractivity contribution >= 4 is 0 Å². The second-order valence-corrected chi connectivity index (χ2v) is 2.44. The molecule has 1 aliphatic rings. The number of halogens is 1. The molecule has 3 heteroatoms. The molecule has 0 saturated carbocycles. The first-order valence-corrected chi connectivity index (χ1v) is 3.18. The fourth-order valence-electron chi connectivity index (χ4n) is 1.01. The van der Waals surface area contributed by atoms with Gasteiger partial charge in [-0.1, -0.05) is 13.0 Å². The maximum Gasteiger partial charge on any atom is 2.00 e. The minimum atomic E-state index is 0. The summed E-state index contributed by atoms with van der Waals surface area (Å²) in [7, 11) is 0. The van der Waals surface area contributed by atoms with Crippen LogP contribution in [0.3, 0.4) is 0 Å². The summed E-state index contributed by atoms with van der Waals surface area (Å²) in [6.45, 7) is 2.00. The molecule has 0 aromatic carbocycles. The number of rotatable bonds is 0. The smallest absolute Gasteiger partial charge is 1.00 e. The second kappa shape index (κ2) is 6.09. The maximum atomic E-state index is 10.7. The first-order chi connectivity index (χ1) is 3.80. The van der Waals surface area contributed by atoms with Crippen LogP contribution in [0, 0.1) is 5.92 Å². The minimum absolute atomic E-state index is 0. The van der Waals surface area contributed by atoms with Gasteiger partial charge in [-0.25, -0.2) is 0 Å². The summed E-state index contributed by atoms with van der Waals surface area (Å²) in [5, 5.41) is 10.7. The van der Waals surface area contributed by atoms with Gasteiger partial charge in [0.15, 0.2) is 0 Å². The van der Waals surface area contributed by atoms with Crippen molar-refractivity contribution in [1.82, 2.24) is 0 Å². The molecule has 1 radical (unpaired) electrons. The van der Waals surface area contributed by atoms with E-state index in [-0.39, 0.29) is 29.5 Å². The standard InChI is InChI=1S/C7H12O.ClH.Mn/c1-6-4-2-3-5-7(6)8;;/h5-6,8H,2-4H2,1H3;1H;/q;;+2/p-2. The van der Waals surface area contributed by atoms with E-state index >= 15 is 0 Å². The molecule has 1 nitrogen and oxygen atoms in total. The molecule has 0 amide bonds. The first kappa shape index (κ1) is 13.0. The van der Waals surface area contributed by atoms with Crippen molar-refractivity contribution < 1.29 is 34.6 Å². The van der Waals surface area contributed by atoms with Crippen molar-refractivity contribution in [2.24, 2.45) is 5.92 Å². The summed E-state index contributed by atoms with van der Waals surface area (Å²) in [6, 6.07) is 0. The Morgan fingerprint density at radius 1 is 1.60 bits per heavy atom. The normalized spacial score (nSPS) is 23.7. The van der Waals surface area contributed by atoms with Crippen molar-refractivity contribution in [3.05, 3.63) is 11.8 Å². The Bertz CT molecular complexity index is 114. The van der Waals surface area contributed by atoms with Gasteiger partial charge in [-0.3, -0.25) is 0 Å². The van der Waals surface area contributed by atoms with E-state index in [0.717, 1.165) is 12.8 Å². The van der Waals surface area contributed by atoms with Crippen LogP contribution in [0.1, 0.15) is 26.2 Å². The predicted molar refractivity (Wildman–Crippen MR) is 31.1 cm³/mol. The molecule has 10 heavy (non-hydrogen) atoms. The van der Waals surface area contributed by atoms with E-state index < -0.39 is 0 Å². The van der Waals surface area contributed by atoms with Gasteiger partial charge in [0.1, 0.15) is 0 Å². The molecular formula is C7H11ClMnO. The van der Waals surface area contributed by atoms with Gasteiger partial charge in [0.05, 0.1) is 0 Å². The van der Waals surface area contributed by atoms with Crippen molar-refractivity contribution in [1.29, 1.82) is 0 Å². The molecule has 0 aromatic rings. The molecule has 1 unspecified atom stereocenters. The Hall–Kier alpha value is 0.349. The SMILES string of the molecule is CC1CCCC=C1[O-].[Cl-].[Mn+2]. The summed E-state index contributed by atoms with van der Waals surface area (Å²) in [5.41, 5.74) is 0. The van der Waals surface area contributed by atoms with Crippen LogP contribution in [-0.4, -0.2) is 0 Å². The van der Waals surface area contributed by atoms with Gasteiger partial charge in [-0.15, -0.1) is 5.76 Å². The molecule has 0 N–H and O–H groups in total. The summed E-state index contributed by atoms with van der Waals surface area (Å²) in [4.78, 5) is 0. The van der Waals surface area contributed by atoms with E-state index in [9.17, 15) is 5.11 Å². The van der Waals surface area contributed by atoms with Gasteiger partial charge < -0.3 is 17.5 Å². The summed E-state index contributed by atoms with van der Waals surface area (Å²) in [6.07, 6.45) is 5.11. The van der Waals surface area contributed by atoms with Crippen LogP contribution in [-0.2, 0) is 17.1 Å². The van der Waals surface area contributed by atoms with Crippen LogP contribution in [0.15, 0.2) is 11.8 Å². The van der Waals surface area contributed by atoms with Crippen LogP contribution in [0.5, 0.6) is 0 Å². The number of hydrogen-bond acceptors (Lipinski definition) is 1. The Morgan fingerprint density at radius 3 is 2.50 bits per heavy atom. The molecule has 0 fully saturated rings. The largest absolute Gasteiger partial charge is 2.00 e. The van der Waals surface area contributed by atoms with E-state index in [0.29, 0.717) is 11.7 Å². The van der Waals surface area contributed by atoms with Gasteiger partial charge in [0, 0.05) is 0 Å². The van der Waals surface area contributed by atoms with Crippen molar-refractivity contribution in [2.45, 2.75) is 26.2 Å². The Kier molecular flexibility index (Phi) is 7.90. The third-order valence-corrected chi connectivity index (χ3v) is 1.67. The monoisotopic (exact) mass is 201 g/mol. The number of allylic oxidation sites excluding steroid dienone is 2. The van der Waals surface area contributed by atoms with Crippen molar-refractivity contribution in [3.63, 3.8) is 0 Å². The molecule has 59 valence electrons. The first-order valence-electron chi connectivity index (χ1n) is 3.18. The van der Waals surface area contributed by atoms with Gasteiger partial charge >= 0.3 is 17.1 Å². The molecule has 0 aromatic heterocycles. The molecule has 0 spiro atoms. The maximum absolute atomic E-state index is 10.7. The van der Waals surface area contributed by atoms with Gasteiger partial charge in [0.2, 0.25) is 0 Å². The van der Waals surface area contributed by atoms with Gasteiger partial charge in [-0.2, -0.15) is 0 Å². The molecule has 1 atom stereocenters. The third-order valence-electron chi connectivity index (χ3n) is 1.67. The molecule has 0 saturated heterocycles. The second-order valence-electron chi connectivity index (χ2n) is 2.44. The molecule has 0 aliphatic heterocycles. The zero-order chi connectivity index (χ0) is 5.98. The van der Waals surface area contributed by atoms with E-state index in [2.05, 4.69) is 0 Å². The molecule has 1 aliphatic carbocycles. The van der Waals surface area contributed by atoms with Crippen LogP contribution in [0.4, 0.5) is 0 Å². The molecule has 1 rings (SSSR count). The zero-order valence-electron chi connectivity index (χ0n) is 5.94. The fraction of sp³-hybridized carbons (Fsp3) is 0.714. The van der Waals surface area contributed by atoms with Crippen molar-refractivity contribution in [2.75, 3.05) is 0 Å². The summed E-state index contributed by atoms with van der Waals surface area (Å²) >= 11 is 0. The minimum Gasteiger partial charge on any atom is -1.00 e. The average molecular weight is 202 g/mol. The van der Waals surface area contributed by atoms with Gasteiger partial charge in [0.25, 0.3) is 0 Å². The molecular weight excluding hydrogens is 190 g/mol. The van der Waals surface area contributed by atoms with Crippen LogP contribution in [0.2, 0.25) is 0 Å². The topological polar surface area (TPSA) is 23.1 Å².